The third-order valence-corrected chi connectivity index (χ3v) is 4.02. The van der Waals surface area contributed by atoms with Crippen LogP contribution in [0.2, 0.25) is 0 Å². The summed E-state index contributed by atoms with van der Waals surface area (Å²) in [7, 11) is 5.98. The molecule has 2 aromatic carbocycles. The highest BCUT2D eigenvalue weighted by atomic mass is 16.3. The van der Waals surface area contributed by atoms with Crippen LogP contribution in [0.1, 0.15) is 27.0 Å². The summed E-state index contributed by atoms with van der Waals surface area (Å²) in [6.45, 7) is 5.89. The zero-order chi connectivity index (χ0) is 16.6. The molecule has 2 nitrogen and oxygen atoms in total. The third-order valence-electron chi connectivity index (χ3n) is 4.02. The van der Waals surface area contributed by atoms with Crippen LogP contribution in [0.15, 0.2) is 66.3 Å². The molecule has 0 heterocycles. The highest BCUT2D eigenvalue weighted by Gasteiger charge is 2.29. The molecule has 1 aliphatic carbocycles. The summed E-state index contributed by atoms with van der Waals surface area (Å²) in [6, 6.07) is 12.7. The minimum absolute atomic E-state index is 0.0157. The van der Waals surface area contributed by atoms with E-state index in [-0.39, 0.29) is 17.1 Å². The Morgan fingerprint density at radius 3 is 2.48 bits per heavy atom. The first kappa shape index (κ1) is 15.1. The topological polar surface area (TPSA) is 37.3 Å². The summed E-state index contributed by atoms with van der Waals surface area (Å²) in [5.74, 6) is -0.219. The van der Waals surface area contributed by atoms with Gasteiger partial charge in [-0.2, -0.15) is 0 Å². The second kappa shape index (κ2) is 5.77. The van der Waals surface area contributed by atoms with E-state index < -0.39 is 0 Å². The molecule has 0 saturated carbocycles. The van der Waals surface area contributed by atoms with E-state index in [2.05, 4.69) is 6.58 Å². The Morgan fingerprint density at radius 2 is 1.83 bits per heavy atom. The molecule has 0 aromatic heterocycles. The smallest absolute Gasteiger partial charge is 0.198 e. The molecule has 110 valence electrons. The van der Waals surface area contributed by atoms with E-state index in [1.54, 1.807) is 30.3 Å². The minimum atomic E-state index is -0.203. The van der Waals surface area contributed by atoms with Crippen molar-refractivity contribution >= 4 is 30.9 Å². The second-order valence-electron chi connectivity index (χ2n) is 5.53. The van der Waals surface area contributed by atoms with Gasteiger partial charge >= 0.3 is 0 Å². The van der Waals surface area contributed by atoms with Gasteiger partial charge in [-0.15, -0.1) is 0 Å². The van der Waals surface area contributed by atoms with Gasteiger partial charge in [0.25, 0.3) is 0 Å². The predicted octanol–water partition coefficient (Wildman–Crippen LogP) is 3.52. The van der Waals surface area contributed by atoms with Crippen LogP contribution in [-0.2, 0) is 0 Å². The molecule has 0 amide bonds. The first-order valence-corrected chi connectivity index (χ1v) is 7.30. The fourth-order valence-corrected chi connectivity index (χ4v) is 2.76. The number of rotatable bonds is 3. The van der Waals surface area contributed by atoms with Gasteiger partial charge in [0.1, 0.15) is 13.6 Å². The quantitative estimate of drug-likeness (QED) is 0.695. The fourth-order valence-electron chi connectivity index (χ4n) is 2.76. The Kier molecular flexibility index (Phi) is 3.79. The van der Waals surface area contributed by atoms with Gasteiger partial charge in [-0.3, -0.25) is 4.79 Å². The Balaban J connectivity index is 1.95. The van der Waals surface area contributed by atoms with E-state index >= 15 is 0 Å². The SMILES string of the molecule is [B]c1cccc(C)c1/C=C\C(=C)C1=C(O)c2ccccc2C1=O. The molecule has 0 aliphatic heterocycles. The molecule has 1 aliphatic rings. The van der Waals surface area contributed by atoms with Crippen molar-refractivity contribution in [3.8, 4) is 0 Å². The summed E-state index contributed by atoms with van der Waals surface area (Å²) in [5.41, 5.74) is 4.35. The number of hydrogen-bond donors (Lipinski definition) is 1. The van der Waals surface area contributed by atoms with E-state index in [0.29, 0.717) is 22.2 Å². The summed E-state index contributed by atoms with van der Waals surface area (Å²) in [4.78, 5) is 12.5. The Morgan fingerprint density at radius 1 is 1.13 bits per heavy atom. The van der Waals surface area contributed by atoms with E-state index in [4.69, 9.17) is 7.85 Å². The van der Waals surface area contributed by atoms with Crippen molar-refractivity contribution in [3.05, 3.63) is 88.5 Å². The molecular formula is C20H15BO2. The first-order valence-electron chi connectivity index (χ1n) is 7.30. The van der Waals surface area contributed by atoms with Gasteiger partial charge in [0.05, 0.1) is 5.57 Å². The maximum Gasteiger partial charge on any atom is 0.198 e. The van der Waals surface area contributed by atoms with E-state index in [1.807, 2.05) is 31.2 Å². The number of carbonyl (C=O) groups is 1. The molecule has 0 saturated heterocycles. The fraction of sp³-hybridized carbons (Fsp3) is 0.0500. The zero-order valence-corrected chi connectivity index (χ0v) is 12.8. The lowest BCUT2D eigenvalue weighted by Gasteiger charge is -2.06. The normalized spacial score (nSPS) is 13.7. The van der Waals surface area contributed by atoms with Crippen molar-refractivity contribution in [2.24, 2.45) is 0 Å². The number of aliphatic hydroxyl groups excluding tert-OH is 1. The van der Waals surface area contributed by atoms with Gasteiger partial charge in [0.2, 0.25) is 0 Å². The highest BCUT2D eigenvalue weighted by molar-refractivity contribution is 6.34. The number of Topliss-reactive ketones (excluding diaryl/α,β-unsaturated/α-hetero) is 1. The van der Waals surface area contributed by atoms with Gasteiger partial charge < -0.3 is 5.11 Å². The molecule has 0 atom stereocenters. The van der Waals surface area contributed by atoms with Gasteiger partial charge in [-0.05, 0) is 23.6 Å². The molecule has 2 radical (unpaired) electrons. The molecule has 0 unspecified atom stereocenters. The Hall–Kier alpha value is -2.81. The minimum Gasteiger partial charge on any atom is -0.507 e. The maximum atomic E-state index is 12.5. The predicted molar refractivity (Wildman–Crippen MR) is 95.1 cm³/mol. The Bertz CT molecular complexity index is 868. The Labute approximate surface area is 136 Å². The first-order chi connectivity index (χ1) is 11.0. The van der Waals surface area contributed by atoms with E-state index in [1.165, 1.54) is 0 Å². The average molecular weight is 298 g/mol. The monoisotopic (exact) mass is 298 g/mol. The van der Waals surface area contributed by atoms with Crippen molar-refractivity contribution < 1.29 is 9.90 Å². The number of carbonyl (C=O) groups excluding carboxylic acids is 1. The standard InChI is InChI=1S/C20H15BO2/c1-12-6-5-9-17(21)14(12)11-10-13(2)18-19(22)15-7-3-4-8-16(15)20(18)23/h3-11,22H,2H2,1H3/b11-10-. The summed E-state index contributed by atoms with van der Waals surface area (Å²) in [5, 5.41) is 10.3. The number of hydrogen-bond acceptors (Lipinski definition) is 2. The second-order valence-corrected chi connectivity index (χ2v) is 5.53. The van der Waals surface area contributed by atoms with Crippen LogP contribution < -0.4 is 5.46 Å². The molecule has 3 rings (SSSR count). The number of benzene rings is 2. The van der Waals surface area contributed by atoms with Crippen LogP contribution in [0, 0.1) is 6.92 Å². The third kappa shape index (κ3) is 2.55. The van der Waals surface area contributed by atoms with Crippen molar-refractivity contribution in [1.29, 1.82) is 0 Å². The molecule has 0 bridgehead atoms. The van der Waals surface area contributed by atoms with E-state index in [0.717, 1.165) is 11.1 Å². The lowest BCUT2D eigenvalue weighted by molar-refractivity contribution is 0.104. The highest BCUT2D eigenvalue weighted by Crippen LogP contribution is 2.34. The van der Waals surface area contributed by atoms with Crippen molar-refractivity contribution in [2.75, 3.05) is 0 Å². The summed E-state index contributed by atoms with van der Waals surface area (Å²) < 4.78 is 0. The molecule has 2 aromatic rings. The largest absolute Gasteiger partial charge is 0.507 e. The zero-order valence-electron chi connectivity index (χ0n) is 12.8. The molecule has 0 fully saturated rings. The molecule has 1 N–H and O–H groups in total. The lowest BCUT2D eigenvalue weighted by atomic mass is 9.87. The van der Waals surface area contributed by atoms with Crippen LogP contribution in [0.25, 0.3) is 11.8 Å². The van der Waals surface area contributed by atoms with Gasteiger partial charge in [0.15, 0.2) is 5.78 Å². The average Bonchev–Trinajstić information content (AvgIpc) is 2.79. The molecule has 23 heavy (non-hydrogen) atoms. The summed E-state index contributed by atoms with van der Waals surface area (Å²) >= 11 is 0. The van der Waals surface area contributed by atoms with Crippen molar-refractivity contribution in [1.82, 2.24) is 0 Å². The van der Waals surface area contributed by atoms with Crippen molar-refractivity contribution in [2.45, 2.75) is 6.92 Å². The maximum absolute atomic E-state index is 12.5. The molecule has 0 spiro atoms. The van der Waals surface area contributed by atoms with Crippen LogP contribution in [0.4, 0.5) is 0 Å². The molecular weight excluding hydrogens is 283 g/mol. The van der Waals surface area contributed by atoms with Crippen LogP contribution >= 0.6 is 0 Å². The van der Waals surface area contributed by atoms with Crippen LogP contribution in [-0.4, -0.2) is 18.7 Å². The number of aryl methyl sites for hydroxylation is 1. The van der Waals surface area contributed by atoms with Gasteiger partial charge in [-0.1, -0.05) is 66.7 Å². The lowest BCUT2D eigenvalue weighted by Crippen LogP contribution is -2.08. The summed E-state index contributed by atoms with van der Waals surface area (Å²) in [6.07, 6.45) is 3.54. The number of ketones is 1. The van der Waals surface area contributed by atoms with Crippen molar-refractivity contribution in [3.63, 3.8) is 0 Å². The van der Waals surface area contributed by atoms with Crippen LogP contribution in [0.5, 0.6) is 0 Å². The van der Waals surface area contributed by atoms with Gasteiger partial charge in [0, 0.05) is 11.1 Å². The van der Waals surface area contributed by atoms with Gasteiger partial charge in [-0.25, -0.2) is 0 Å². The number of allylic oxidation sites excluding steroid dienone is 3. The van der Waals surface area contributed by atoms with E-state index in [9.17, 15) is 9.90 Å². The number of aliphatic hydroxyl groups is 1. The number of fused-ring (bicyclic) bond motifs is 1. The molecule has 3 heteroatoms. The van der Waals surface area contributed by atoms with Crippen LogP contribution in [0.3, 0.4) is 0 Å².